The van der Waals surface area contributed by atoms with Gasteiger partial charge in [-0.2, -0.15) is 0 Å². The van der Waals surface area contributed by atoms with E-state index < -0.39 is 115 Å². The highest BCUT2D eigenvalue weighted by Gasteiger charge is 2.36. The molecule has 20 nitrogen and oxygen atoms in total. The number of carboxylic acid groups (broad SMARTS) is 1. The highest BCUT2D eigenvalue weighted by molar-refractivity contribution is 5.97. The number of aliphatic carboxylic acids is 1. The number of aliphatic hydroxyl groups is 3. The first-order valence-electron chi connectivity index (χ1n) is 13.8. The molecule has 14 N–H and O–H groups in total. The molecular formula is C25H44N8O12. The van der Waals surface area contributed by atoms with Crippen molar-refractivity contribution < 1.29 is 58.8 Å². The Balaban J connectivity index is 5.80. The average molecular weight is 649 g/mol. The van der Waals surface area contributed by atoms with Crippen LogP contribution in [0.5, 0.6) is 0 Å². The summed E-state index contributed by atoms with van der Waals surface area (Å²) < 4.78 is 0. The van der Waals surface area contributed by atoms with Crippen molar-refractivity contribution in [1.82, 2.24) is 31.9 Å². The normalized spacial score (nSPS) is 15.6. The summed E-state index contributed by atoms with van der Waals surface area (Å²) in [5.41, 5.74) is 10.4. The Kier molecular flexibility index (Phi) is 17.9. The van der Waals surface area contributed by atoms with Crippen LogP contribution in [-0.4, -0.2) is 130 Å². The third-order valence-corrected chi connectivity index (χ3v) is 6.12. The number of aliphatic hydroxyl groups excluding tert-OH is 3. The lowest BCUT2D eigenvalue weighted by atomic mass is 10.0. The molecule has 0 radical (unpaired) electrons. The number of nitrogens with one attached hydrogen (secondary N) is 6. The standard InChI is InChI=1S/C25H44N8O12/c1-10(2)18(23(43)33-19(11(3)35)24(44)30-14(9-34)21(41)28-8-17(39)40)31-25(45)20(12(4)36)32-22(42)13(5-6-15(27)37)29-16(38)7-26/h10-14,18-20,34-36H,5-9,26H2,1-4H3,(H2,27,37)(H,28,41)(H,29,38)(H,30,44)(H,31,45)(H,32,42)(H,33,43)(H,39,40)/t11-,12-,13+,14+,18+,19+,20+/m1/s1. The highest BCUT2D eigenvalue weighted by atomic mass is 16.4. The van der Waals surface area contributed by atoms with Crippen LogP contribution in [0, 0.1) is 5.92 Å². The number of hydrogen-bond acceptors (Lipinski definition) is 12. The molecule has 7 amide bonds. The molecule has 0 spiro atoms. The van der Waals surface area contributed by atoms with Gasteiger partial charge in [-0.1, -0.05) is 13.8 Å². The van der Waals surface area contributed by atoms with Crippen molar-refractivity contribution in [3.8, 4) is 0 Å². The largest absolute Gasteiger partial charge is 0.480 e. The van der Waals surface area contributed by atoms with E-state index in [2.05, 4.69) is 26.6 Å². The summed E-state index contributed by atoms with van der Waals surface area (Å²) in [6.45, 7) is 3.06. The Morgan fingerprint density at radius 2 is 1.13 bits per heavy atom. The van der Waals surface area contributed by atoms with E-state index in [4.69, 9.17) is 16.6 Å². The van der Waals surface area contributed by atoms with Gasteiger partial charge < -0.3 is 63.8 Å². The quantitative estimate of drug-likeness (QED) is 0.0585. The number of nitrogens with two attached hydrogens (primary N) is 2. The molecule has 0 bridgehead atoms. The molecule has 0 heterocycles. The zero-order chi connectivity index (χ0) is 35.0. The lowest BCUT2D eigenvalue weighted by Crippen LogP contribution is -2.63. The number of carbonyl (C=O) groups excluding carboxylic acids is 7. The van der Waals surface area contributed by atoms with E-state index in [0.717, 1.165) is 13.8 Å². The molecule has 0 saturated heterocycles. The molecule has 0 saturated carbocycles. The summed E-state index contributed by atoms with van der Waals surface area (Å²) >= 11 is 0. The van der Waals surface area contributed by atoms with Crippen molar-refractivity contribution in [1.29, 1.82) is 0 Å². The SMILES string of the molecule is CC(C)[C@H](NC(=O)[C@@H](NC(=O)[C@H](CCC(N)=O)NC(=O)CN)[C@@H](C)O)C(=O)N[C@H](C(=O)N[C@@H](CO)C(=O)NCC(=O)O)[C@@H](C)O. The third kappa shape index (κ3) is 14.8. The van der Waals surface area contributed by atoms with E-state index in [1.165, 1.54) is 13.8 Å². The molecule has 7 atom stereocenters. The van der Waals surface area contributed by atoms with Crippen LogP contribution in [0.3, 0.4) is 0 Å². The van der Waals surface area contributed by atoms with Crippen molar-refractivity contribution in [2.45, 2.75) is 83.0 Å². The second-order valence-corrected chi connectivity index (χ2v) is 10.4. The van der Waals surface area contributed by atoms with Crippen molar-refractivity contribution in [3.63, 3.8) is 0 Å². The Hall–Kier alpha value is -4.40. The van der Waals surface area contributed by atoms with Crippen molar-refractivity contribution in [2.75, 3.05) is 19.7 Å². The fraction of sp³-hybridized carbons (Fsp3) is 0.680. The van der Waals surface area contributed by atoms with Crippen LogP contribution >= 0.6 is 0 Å². The first-order valence-corrected chi connectivity index (χ1v) is 13.8. The summed E-state index contributed by atoms with van der Waals surface area (Å²) in [5.74, 6) is -8.80. The topological polar surface area (TPSA) is 342 Å². The van der Waals surface area contributed by atoms with Gasteiger partial charge in [0.15, 0.2) is 0 Å². The number of amides is 7. The molecule has 0 aliphatic heterocycles. The van der Waals surface area contributed by atoms with E-state index in [-0.39, 0.29) is 12.8 Å². The van der Waals surface area contributed by atoms with Gasteiger partial charge in [0.2, 0.25) is 41.4 Å². The first kappa shape index (κ1) is 40.6. The van der Waals surface area contributed by atoms with Crippen LogP contribution in [0.1, 0.15) is 40.5 Å². The minimum atomic E-state index is -1.72. The smallest absolute Gasteiger partial charge is 0.322 e. The minimum absolute atomic E-state index is 0.251. The maximum Gasteiger partial charge on any atom is 0.322 e. The molecule has 0 aliphatic carbocycles. The molecule has 45 heavy (non-hydrogen) atoms. The van der Waals surface area contributed by atoms with E-state index in [9.17, 15) is 53.7 Å². The van der Waals surface area contributed by atoms with Gasteiger partial charge in [0.25, 0.3) is 0 Å². The molecular weight excluding hydrogens is 604 g/mol. The first-order chi connectivity index (χ1) is 20.9. The Labute approximate surface area is 258 Å². The van der Waals surface area contributed by atoms with Gasteiger partial charge in [0, 0.05) is 6.42 Å². The number of hydrogen-bond donors (Lipinski definition) is 12. The van der Waals surface area contributed by atoms with Crippen LogP contribution in [0.2, 0.25) is 0 Å². The van der Waals surface area contributed by atoms with Gasteiger partial charge in [0.1, 0.15) is 36.8 Å². The van der Waals surface area contributed by atoms with Gasteiger partial charge >= 0.3 is 5.97 Å². The van der Waals surface area contributed by atoms with E-state index >= 15 is 0 Å². The highest BCUT2D eigenvalue weighted by Crippen LogP contribution is 2.07. The van der Waals surface area contributed by atoms with E-state index in [1.807, 2.05) is 5.32 Å². The monoisotopic (exact) mass is 648 g/mol. The number of rotatable bonds is 20. The number of carboxylic acids is 1. The molecule has 0 unspecified atom stereocenters. The predicted molar refractivity (Wildman–Crippen MR) is 153 cm³/mol. The Morgan fingerprint density at radius 3 is 1.56 bits per heavy atom. The Morgan fingerprint density at radius 1 is 0.667 bits per heavy atom. The van der Waals surface area contributed by atoms with E-state index in [1.54, 1.807) is 0 Å². The van der Waals surface area contributed by atoms with Crippen LogP contribution in [0.15, 0.2) is 0 Å². The molecule has 0 aliphatic rings. The van der Waals surface area contributed by atoms with Crippen molar-refractivity contribution in [3.05, 3.63) is 0 Å². The summed E-state index contributed by atoms with van der Waals surface area (Å²) in [4.78, 5) is 97.7. The molecule has 0 aromatic heterocycles. The van der Waals surface area contributed by atoms with E-state index in [0.29, 0.717) is 0 Å². The van der Waals surface area contributed by atoms with Gasteiger partial charge in [-0.25, -0.2) is 0 Å². The van der Waals surface area contributed by atoms with Gasteiger partial charge in [-0.15, -0.1) is 0 Å². The van der Waals surface area contributed by atoms with Crippen molar-refractivity contribution >= 4 is 47.3 Å². The van der Waals surface area contributed by atoms with Gasteiger partial charge in [-0.05, 0) is 26.2 Å². The number of carbonyl (C=O) groups is 8. The molecule has 20 heteroatoms. The maximum absolute atomic E-state index is 13.2. The maximum atomic E-state index is 13.2. The lowest BCUT2D eigenvalue weighted by Gasteiger charge is -2.29. The summed E-state index contributed by atoms with van der Waals surface area (Å²) in [5, 5.41) is 51.7. The molecule has 0 aromatic rings. The lowest BCUT2D eigenvalue weighted by molar-refractivity contribution is -0.139. The molecule has 0 rings (SSSR count). The van der Waals surface area contributed by atoms with Crippen molar-refractivity contribution in [2.24, 2.45) is 17.4 Å². The van der Waals surface area contributed by atoms with Crippen LogP contribution in [0.4, 0.5) is 0 Å². The zero-order valence-electron chi connectivity index (χ0n) is 25.4. The molecule has 0 aromatic carbocycles. The fourth-order valence-corrected chi connectivity index (χ4v) is 3.64. The molecule has 256 valence electrons. The number of primary amides is 1. The Bertz CT molecular complexity index is 1080. The second kappa shape index (κ2) is 19.8. The molecule has 0 fully saturated rings. The zero-order valence-corrected chi connectivity index (χ0v) is 25.4. The summed E-state index contributed by atoms with van der Waals surface area (Å²) in [6, 6.07) is -7.80. The fourth-order valence-electron chi connectivity index (χ4n) is 3.64. The van der Waals surface area contributed by atoms with Gasteiger partial charge in [0.05, 0.1) is 25.4 Å². The average Bonchev–Trinajstić information content (AvgIpc) is 2.95. The third-order valence-electron chi connectivity index (χ3n) is 6.12. The van der Waals surface area contributed by atoms with Crippen LogP contribution in [0.25, 0.3) is 0 Å². The predicted octanol–water partition coefficient (Wildman–Crippen LogP) is -6.75. The second-order valence-electron chi connectivity index (χ2n) is 10.4. The summed E-state index contributed by atoms with van der Waals surface area (Å²) in [7, 11) is 0. The van der Waals surface area contributed by atoms with Crippen LogP contribution < -0.4 is 43.4 Å². The minimum Gasteiger partial charge on any atom is -0.480 e. The summed E-state index contributed by atoms with van der Waals surface area (Å²) in [6.07, 6.45) is -3.66. The van der Waals surface area contributed by atoms with Crippen LogP contribution in [-0.2, 0) is 38.4 Å². The van der Waals surface area contributed by atoms with Gasteiger partial charge in [-0.3, -0.25) is 38.4 Å².